The summed E-state index contributed by atoms with van der Waals surface area (Å²) < 4.78 is 36.1. The number of nitrogens with zero attached hydrogens (tertiary/aromatic N) is 2. The quantitative estimate of drug-likeness (QED) is 0.0925. The fraction of sp³-hybridized carbons (Fsp3) is 0.150. The first-order chi connectivity index (χ1) is 24.6. The van der Waals surface area contributed by atoms with Gasteiger partial charge in [0.25, 0.3) is 0 Å². The molecule has 6 aromatic rings. The van der Waals surface area contributed by atoms with Crippen molar-refractivity contribution in [3.05, 3.63) is 131 Å². The SMILES string of the molecule is CCOc1cc(C=O)ccc1OCc1ccc(COc2ccc(C=O)cc2OCC)c(Oc2ccc(-c3nnc(-c4ccccc4)o3)cc2)c1. The fourth-order valence-corrected chi connectivity index (χ4v) is 5.02. The molecule has 0 spiro atoms. The van der Waals surface area contributed by atoms with Gasteiger partial charge in [0.1, 0.15) is 37.3 Å². The third kappa shape index (κ3) is 8.16. The maximum atomic E-state index is 11.3. The summed E-state index contributed by atoms with van der Waals surface area (Å²) in [5, 5.41) is 8.40. The van der Waals surface area contributed by atoms with Crippen LogP contribution in [0.25, 0.3) is 22.9 Å². The summed E-state index contributed by atoms with van der Waals surface area (Å²) >= 11 is 0. The zero-order valence-electron chi connectivity index (χ0n) is 27.5. The summed E-state index contributed by atoms with van der Waals surface area (Å²) in [5.41, 5.74) is 4.15. The van der Waals surface area contributed by atoms with Crippen LogP contribution in [0.4, 0.5) is 0 Å². The van der Waals surface area contributed by atoms with E-state index in [9.17, 15) is 9.59 Å². The number of carbonyl (C=O) groups excluding carboxylic acids is 2. The second-order valence-electron chi connectivity index (χ2n) is 10.9. The number of rotatable bonds is 16. The number of benzene rings is 5. The van der Waals surface area contributed by atoms with Crippen molar-refractivity contribution < 1.29 is 37.7 Å². The highest BCUT2D eigenvalue weighted by molar-refractivity contribution is 5.77. The Morgan fingerprint density at radius 1 is 0.560 bits per heavy atom. The Labute approximate surface area is 289 Å². The standard InChI is InChI=1S/C40H34N2O8/c1-3-45-37-20-27(23-43)11-18-34(37)47-25-29-10-13-32(26-48-35-19-12-28(24-44)21-38(35)46-4-2)36(22-29)49-33-16-14-31(15-17-33)40-42-41-39(50-40)30-8-6-5-7-9-30/h5-24H,3-4,25-26H2,1-2H3. The Morgan fingerprint density at radius 2 is 1.14 bits per heavy atom. The van der Waals surface area contributed by atoms with Gasteiger partial charge in [-0.2, -0.15) is 0 Å². The van der Waals surface area contributed by atoms with Crippen LogP contribution in [0.2, 0.25) is 0 Å². The maximum absolute atomic E-state index is 11.3. The molecule has 10 heteroatoms. The lowest BCUT2D eigenvalue weighted by Gasteiger charge is -2.17. The van der Waals surface area contributed by atoms with Gasteiger partial charge in [0, 0.05) is 27.8 Å². The molecule has 252 valence electrons. The lowest BCUT2D eigenvalue weighted by Crippen LogP contribution is -2.04. The summed E-state index contributed by atoms with van der Waals surface area (Å²) in [6, 6.07) is 32.7. The number of hydrogen-bond acceptors (Lipinski definition) is 10. The normalized spacial score (nSPS) is 10.7. The Morgan fingerprint density at radius 3 is 1.72 bits per heavy atom. The second kappa shape index (κ2) is 16.1. The van der Waals surface area contributed by atoms with E-state index in [1.54, 1.807) is 36.4 Å². The molecule has 5 aromatic carbocycles. The molecule has 0 saturated carbocycles. The molecule has 0 N–H and O–H groups in total. The molecule has 0 bridgehead atoms. The first-order valence-corrected chi connectivity index (χ1v) is 16.1. The first kappa shape index (κ1) is 33.5. The van der Waals surface area contributed by atoms with Gasteiger partial charge in [-0.05, 0) is 98.3 Å². The molecular weight excluding hydrogens is 636 g/mol. The van der Waals surface area contributed by atoms with Crippen LogP contribution < -0.4 is 23.7 Å². The number of aromatic nitrogens is 2. The minimum absolute atomic E-state index is 0.154. The van der Waals surface area contributed by atoms with E-state index in [1.807, 2.05) is 86.6 Å². The molecule has 0 aliphatic carbocycles. The zero-order valence-corrected chi connectivity index (χ0v) is 27.5. The Hall–Kier alpha value is -6.42. The van der Waals surface area contributed by atoms with E-state index in [4.69, 9.17) is 28.1 Å². The summed E-state index contributed by atoms with van der Waals surface area (Å²) in [5.74, 6) is 3.92. The zero-order chi connectivity index (χ0) is 34.7. The van der Waals surface area contributed by atoms with Gasteiger partial charge in [-0.3, -0.25) is 9.59 Å². The van der Waals surface area contributed by atoms with Crippen LogP contribution in [0.5, 0.6) is 34.5 Å². The molecule has 0 fully saturated rings. The number of aldehydes is 2. The van der Waals surface area contributed by atoms with Crippen LogP contribution in [-0.4, -0.2) is 36.0 Å². The number of hydrogen-bond donors (Lipinski definition) is 0. The highest BCUT2D eigenvalue weighted by Crippen LogP contribution is 2.34. The predicted octanol–water partition coefficient (Wildman–Crippen LogP) is 8.78. The van der Waals surface area contributed by atoms with Crippen LogP contribution in [0.1, 0.15) is 45.7 Å². The van der Waals surface area contributed by atoms with Crippen molar-refractivity contribution >= 4 is 12.6 Å². The molecule has 0 amide bonds. The average Bonchev–Trinajstić information content (AvgIpc) is 3.66. The van der Waals surface area contributed by atoms with Gasteiger partial charge in [0.15, 0.2) is 23.0 Å². The van der Waals surface area contributed by atoms with Crippen molar-refractivity contribution in [3.8, 4) is 57.4 Å². The largest absolute Gasteiger partial charge is 0.490 e. The van der Waals surface area contributed by atoms with Gasteiger partial charge in [-0.15, -0.1) is 10.2 Å². The van der Waals surface area contributed by atoms with E-state index < -0.39 is 0 Å². The van der Waals surface area contributed by atoms with Crippen molar-refractivity contribution in [1.29, 1.82) is 0 Å². The van der Waals surface area contributed by atoms with E-state index in [1.165, 1.54) is 0 Å². The van der Waals surface area contributed by atoms with Crippen LogP contribution >= 0.6 is 0 Å². The lowest BCUT2D eigenvalue weighted by molar-refractivity contribution is 0.111. The minimum atomic E-state index is 0.154. The second-order valence-corrected chi connectivity index (χ2v) is 10.9. The molecule has 6 rings (SSSR count). The molecule has 0 radical (unpaired) electrons. The van der Waals surface area contributed by atoms with Crippen LogP contribution in [-0.2, 0) is 13.2 Å². The average molecular weight is 671 g/mol. The van der Waals surface area contributed by atoms with Crippen molar-refractivity contribution in [2.75, 3.05) is 13.2 Å². The third-order valence-electron chi connectivity index (χ3n) is 7.49. The van der Waals surface area contributed by atoms with E-state index in [0.717, 1.165) is 34.8 Å². The van der Waals surface area contributed by atoms with Crippen molar-refractivity contribution in [1.82, 2.24) is 10.2 Å². The molecule has 10 nitrogen and oxygen atoms in total. The molecule has 0 atom stereocenters. The number of ether oxygens (including phenoxy) is 5. The van der Waals surface area contributed by atoms with Crippen LogP contribution in [0, 0.1) is 0 Å². The Kier molecular flexibility index (Phi) is 10.8. The molecule has 1 aromatic heterocycles. The highest BCUT2D eigenvalue weighted by Gasteiger charge is 2.15. The predicted molar refractivity (Wildman–Crippen MR) is 186 cm³/mol. The highest BCUT2D eigenvalue weighted by atomic mass is 16.5. The van der Waals surface area contributed by atoms with E-state index >= 15 is 0 Å². The topological polar surface area (TPSA) is 119 Å². The maximum Gasteiger partial charge on any atom is 0.248 e. The fourth-order valence-electron chi connectivity index (χ4n) is 5.02. The van der Waals surface area contributed by atoms with Crippen molar-refractivity contribution in [2.45, 2.75) is 27.1 Å². The molecule has 0 unspecified atom stereocenters. The Balaban J connectivity index is 1.24. The first-order valence-electron chi connectivity index (χ1n) is 16.1. The van der Waals surface area contributed by atoms with Crippen LogP contribution in [0.3, 0.4) is 0 Å². The summed E-state index contributed by atoms with van der Waals surface area (Å²) in [6.07, 6.45) is 1.53. The Bertz CT molecular complexity index is 2060. The molecule has 0 saturated heterocycles. The minimum Gasteiger partial charge on any atom is -0.490 e. The molecular formula is C40H34N2O8. The smallest absolute Gasteiger partial charge is 0.248 e. The van der Waals surface area contributed by atoms with Gasteiger partial charge in [0.05, 0.1) is 13.2 Å². The van der Waals surface area contributed by atoms with Crippen molar-refractivity contribution in [2.24, 2.45) is 0 Å². The molecule has 0 aliphatic rings. The number of carbonyl (C=O) groups is 2. The van der Waals surface area contributed by atoms with E-state index in [0.29, 0.717) is 70.6 Å². The van der Waals surface area contributed by atoms with Gasteiger partial charge >= 0.3 is 0 Å². The molecule has 1 heterocycles. The van der Waals surface area contributed by atoms with Gasteiger partial charge in [-0.1, -0.05) is 30.3 Å². The molecule has 50 heavy (non-hydrogen) atoms. The summed E-state index contributed by atoms with van der Waals surface area (Å²) in [4.78, 5) is 22.6. The van der Waals surface area contributed by atoms with Gasteiger partial charge in [-0.25, -0.2) is 0 Å². The third-order valence-corrected chi connectivity index (χ3v) is 7.49. The lowest BCUT2D eigenvalue weighted by atomic mass is 10.1. The van der Waals surface area contributed by atoms with Crippen molar-refractivity contribution in [3.63, 3.8) is 0 Å². The van der Waals surface area contributed by atoms with E-state index in [2.05, 4.69) is 10.2 Å². The monoisotopic (exact) mass is 670 g/mol. The van der Waals surface area contributed by atoms with E-state index in [-0.39, 0.29) is 13.2 Å². The van der Waals surface area contributed by atoms with Crippen LogP contribution in [0.15, 0.2) is 114 Å². The van der Waals surface area contributed by atoms with Gasteiger partial charge in [0.2, 0.25) is 11.8 Å². The summed E-state index contributed by atoms with van der Waals surface area (Å²) in [6.45, 7) is 4.93. The molecule has 0 aliphatic heterocycles. The summed E-state index contributed by atoms with van der Waals surface area (Å²) in [7, 11) is 0. The van der Waals surface area contributed by atoms with Gasteiger partial charge < -0.3 is 28.1 Å².